The van der Waals surface area contributed by atoms with Gasteiger partial charge in [0.25, 0.3) is 0 Å². The molecular weight excluding hydrogens is 262 g/mol. The van der Waals surface area contributed by atoms with E-state index in [0.29, 0.717) is 18.0 Å². The van der Waals surface area contributed by atoms with Crippen molar-refractivity contribution in [2.24, 2.45) is 5.92 Å². The van der Waals surface area contributed by atoms with Gasteiger partial charge in [0.1, 0.15) is 5.82 Å². The van der Waals surface area contributed by atoms with Gasteiger partial charge < -0.3 is 5.32 Å². The molecule has 0 aliphatic carbocycles. The summed E-state index contributed by atoms with van der Waals surface area (Å²) in [4.78, 5) is 4.18. The van der Waals surface area contributed by atoms with Crippen LogP contribution in [-0.4, -0.2) is 25.7 Å². The molecule has 0 saturated carbocycles. The maximum absolute atomic E-state index is 11.6. The van der Waals surface area contributed by atoms with E-state index in [4.69, 9.17) is 0 Å². The first-order chi connectivity index (χ1) is 8.93. The molecule has 0 atom stereocenters. The highest BCUT2D eigenvalue weighted by molar-refractivity contribution is 7.92. The van der Waals surface area contributed by atoms with Crippen LogP contribution in [0.2, 0.25) is 0 Å². The molecule has 0 saturated heterocycles. The van der Waals surface area contributed by atoms with Gasteiger partial charge in [0, 0.05) is 6.54 Å². The summed E-state index contributed by atoms with van der Waals surface area (Å²) in [5.74, 6) is 1.54. The van der Waals surface area contributed by atoms with Crippen molar-refractivity contribution >= 4 is 21.5 Å². The zero-order valence-electron chi connectivity index (χ0n) is 11.8. The fourth-order valence-corrected chi connectivity index (χ4v) is 2.67. The quantitative estimate of drug-likeness (QED) is 0.770. The van der Waals surface area contributed by atoms with Crippen LogP contribution in [0.4, 0.5) is 11.5 Å². The third-order valence-corrected chi connectivity index (χ3v) is 4.03. The molecule has 0 fully saturated rings. The van der Waals surface area contributed by atoms with Crippen molar-refractivity contribution < 1.29 is 8.42 Å². The van der Waals surface area contributed by atoms with E-state index in [2.05, 4.69) is 28.9 Å². The Hall–Kier alpha value is -1.30. The number of hydrogen-bond donors (Lipinski definition) is 2. The van der Waals surface area contributed by atoms with Gasteiger partial charge in [0.05, 0.1) is 17.6 Å². The van der Waals surface area contributed by atoms with E-state index >= 15 is 0 Å². The van der Waals surface area contributed by atoms with Gasteiger partial charge in [-0.15, -0.1) is 0 Å². The van der Waals surface area contributed by atoms with Crippen molar-refractivity contribution in [3.05, 3.63) is 18.3 Å². The van der Waals surface area contributed by atoms with E-state index in [9.17, 15) is 8.42 Å². The van der Waals surface area contributed by atoms with Gasteiger partial charge in [0.2, 0.25) is 10.0 Å². The summed E-state index contributed by atoms with van der Waals surface area (Å²) in [6, 6.07) is 3.50. The largest absolute Gasteiger partial charge is 0.370 e. The molecule has 0 spiro atoms. The second kappa shape index (κ2) is 7.33. The molecule has 6 heteroatoms. The van der Waals surface area contributed by atoms with Crippen LogP contribution in [-0.2, 0) is 10.0 Å². The highest BCUT2D eigenvalue weighted by Crippen LogP contribution is 2.12. The topological polar surface area (TPSA) is 71.1 Å². The Bertz CT molecular complexity index is 469. The summed E-state index contributed by atoms with van der Waals surface area (Å²) in [7, 11) is -3.24. The predicted octanol–water partition coefficient (Wildman–Crippen LogP) is 2.69. The van der Waals surface area contributed by atoms with Crippen molar-refractivity contribution in [3.8, 4) is 0 Å². The molecule has 1 rings (SSSR count). The lowest BCUT2D eigenvalue weighted by Gasteiger charge is -2.09. The number of pyridine rings is 1. The molecule has 2 N–H and O–H groups in total. The van der Waals surface area contributed by atoms with E-state index in [1.807, 2.05) is 6.92 Å². The van der Waals surface area contributed by atoms with Gasteiger partial charge in [-0.1, -0.05) is 20.8 Å². The Morgan fingerprint density at radius 2 is 2.05 bits per heavy atom. The second-order valence-corrected chi connectivity index (χ2v) is 6.80. The van der Waals surface area contributed by atoms with Crippen LogP contribution in [0.3, 0.4) is 0 Å². The molecule has 0 aliphatic rings. The van der Waals surface area contributed by atoms with E-state index in [0.717, 1.165) is 18.8 Å². The summed E-state index contributed by atoms with van der Waals surface area (Å²) in [5, 5.41) is 3.20. The minimum Gasteiger partial charge on any atom is -0.370 e. The van der Waals surface area contributed by atoms with Crippen molar-refractivity contribution in [2.75, 3.05) is 22.3 Å². The molecule has 1 aromatic rings. The van der Waals surface area contributed by atoms with Crippen molar-refractivity contribution in [1.29, 1.82) is 0 Å². The summed E-state index contributed by atoms with van der Waals surface area (Å²) < 4.78 is 25.7. The van der Waals surface area contributed by atoms with Crippen molar-refractivity contribution in [2.45, 2.75) is 33.6 Å². The van der Waals surface area contributed by atoms with E-state index in [-0.39, 0.29) is 5.75 Å². The van der Waals surface area contributed by atoms with Crippen LogP contribution in [0.15, 0.2) is 18.3 Å². The predicted molar refractivity (Wildman–Crippen MR) is 79.9 cm³/mol. The standard InChI is InChI=1S/C13H23N3O2S/c1-4-9-19(17,18)16-12-5-6-13(15-10-12)14-8-7-11(2)3/h5-6,10-11,16H,4,7-9H2,1-3H3,(H,14,15). The van der Waals surface area contributed by atoms with E-state index in [1.165, 1.54) is 6.20 Å². The van der Waals surface area contributed by atoms with Gasteiger partial charge in [-0.2, -0.15) is 0 Å². The molecule has 0 aliphatic heterocycles. The first-order valence-electron chi connectivity index (χ1n) is 6.63. The summed E-state index contributed by atoms with van der Waals surface area (Å²) in [6.07, 6.45) is 3.20. The third kappa shape index (κ3) is 6.42. The number of aromatic nitrogens is 1. The fourth-order valence-electron chi connectivity index (χ4n) is 1.55. The summed E-state index contributed by atoms with van der Waals surface area (Å²) in [5.41, 5.74) is 0.503. The highest BCUT2D eigenvalue weighted by atomic mass is 32.2. The molecule has 0 radical (unpaired) electrons. The minimum atomic E-state index is -3.24. The number of nitrogens with zero attached hydrogens (tertiary/aromatic N) is 1. The number of sulfonamides is 1. The molecule has 0 bridgehead atoms. The average molecular weight is 285 g/mol. The molecule has 0 unspecified atom stereocenters. The number of nitrogens with one attached hydrogen (secondary N) is 2. The second-order valence-electron chi connectivity index (χ2n) is 4.96. The maximum atomic E-state index is 11.6. The molecule has 19 heavy (non-hydrogen) atoms. The number of hydrogen-bond acceptors (Lipinski definition) is 4. The van der Waals surface area contributed by atoms with Gasteiger partial charge in [-0.25, -0.2) is 13.4 Å². The minimum absolute atomic E-state index is 0.126. The summed E-state index contributed by atoms with van der Waals surface area (Å²) in [6.45, 7) is 7.03. The fraction of sp³-hybridized carbons (Fsp3) is 0.615. The Morgan fingerprint density at radius 1 is 1.32 bits per heavy atom. The monoisotopic (exact) mass is 285 g/mol. The first kappa shape index (κ1) is 15.8. The Morgan fingerprint density at radius 3 is 2.58 bits per heavy atom. The molecule has 1 aromatic heterocycles. The lowest BCUT2D eigenvalue weighted by Crippen LogP contribution is -2.16. The van der Waals surface area contributed by atoms with Gasteiger partial charge in [-0.05, 0) is 30.9 Å². The Balaban J connectivity index is 2.52. The van der Waals surface area contributed by atoms with Gasteiger partial charge >= 0.3 is 0 Å². The van der Waals surface area contributed by atoms with Gasteiger partial charge in [0.15, 0.2) is 0 Å². The van der Waals surface area contributed by atoms with Crippen LogP contribution >= 0.6 is 0 Å². The smallest absolute Gasteiger partial charge is 0.232 e. The Labute approximate surface area is 115 Å². The van der Waals surface area contributed by atoms with Crippen LogP contribution in [0.25, 0.3) is 0 Å². The maximum Gasteiger partial charge on any atom is 0.232 e. The molecular formula is C13H23N3O2S. The SMILES string of the molecule is CCCS(=O)(=O)Nc1ccc(NCCC(C)C)nc1. The van der Waals surface area contributed by atoms with Crippen LogP contribution in [0.5, 0.6) is 0 Å². The molecule has 0 amide bonds. The van der Waals surface area contributed by atoms with Crippen molar-refractivity contribution in [1.82, 2.24) is 4.98 Å². The molecule has 0 aromatic carbocycles. The molecule has 108 valence electrons. The van der Waals surface area contributed by atoms with Crippen LogP contribution in [0.1, 0.15) is 33.6 Å². The van der Waals surface area contributed by atoms with Crippen molar-refractivity contribution in [3.63, 3.8) is 0 Å². The number of rotatable bonds is 8. The lowest BCUT2D eigenvalue weighted by atomic mass is 10.1. The van der Waals surface area contributed by atoms with Gasteiger partial charge in [-0.3, -0.25) is 4.72 Å². The third-order valence-electron chi connectivity index (χ3n) is 2.54. The first-order valence-corrected chi connectivity index (χ1v) is 8.28. The average Bonchev–Trinajstić information content (AvgIpc) is 2.30. The van der Waals surface area contributed by atoms with Crippen LogP contribution < -0.4 is 10.0 Å². The normalized spacial score (nSPS) is 11.6. The van der Waals surface area contributed by atoms with E-state index < -0.39 is 10.0 Å². The Kier molecular flexibility index (Phi) is 6.08. The highest BCUT2D eigenvalue weighted by Gasteiger charge is 2.08. The zero-order valence-corrected chi connectivity index (χ0v) is 12.6. The summed E-state index contributed by atoms with van der Waals surface area (Å²) >= 11 is 0. The van der Waals surface area contributed by atoms with Crippen LogP contribution in [0, 0.1) is 5.92 Å². The number of anilines is 2. The molecule has 5 nitrogen and oxygen atoms in total. The zero-order chi connectivity index (χ0) is 14.3. The molecule has 1 heterocycles. The van der Waals surface area contributed by atoms with E-state index in [1.54, 1.807) is 12.1 Å². The lowest BCUT2D eigenvalue weighted by molar-refractivity contribution is 0.600.